The Morgan fingerprint density at radius 3 is 2.62 bits per heavy atom. The molecule has 4 nitrogen and oxygen atoms in total. The van der Waals surface area contributed by atoms with Gasteiger partial charge < -0.3 is 10.2 Å². The van der Waals surface area contributed by atoms with Gasteiger partial charge in [-0.15, -0.1) is 0 Å². The average Bonchev–Trinajstić information content (AvgIpc) is 2.52. The quantitative estimate of drug-likeness (QED) is 0.848. The summed E-state index contributed by atoms with van der Waals surface area (Å²) in [4.78, 5) is 11.2. The van der Waals surface area contributed by atoms with Crippen molar-refractivity contribution >= 4 is 5.82 Å². The van der Waals surface area contributed by atoms with Gasteiger partial charge in [0.2, 0.25) is 0 Å². The van der Waals surface area contributed by atoms with Gasteiger partial charge in [-0.2, -0.15) is 0 Å². The molecule has 2 aromatic rings. The molecule has 21 heavy (non-hydrogen) atoms. The minimum absolute atomic E-state index is 0.470. The van der Waals surface area contributed by atoms with Crippen molar-refractivity contribution in [1.82, 2.24) is 15.3 Å². The lowest BCUT2D eigenvalue weighted by Gasteiger charge is -2.19. The van der Waals surface area contributed by atoms with Crippen molar-refractivity contribution in [1.29, 1.82) is 0 Å². The van der Waals surface area contributed by atoms with Crippen LogP contribution in [0, 0.1) is 0 Å². The maximum atomic E-state index is 4.70. The predicted molar refractivity (Wildman–Crippen MR) is 87.4 cm³/mol. The van der Waals surface area contributed by atoms with Gasteiger partial charge in [-0.25, -0.2) is 4.98 Å². The third kappa shape index (κ3) is 5.16. The average molecular weight is 284 g/mol. The first-order chi connectivity index (χ1) is 10.1. The van der Waals surface area contributed by atoms with E-state index in [1.54, 1.807) is 0 Å². The first-order valence-electron chi connectivity index (χ1n) is 7.45. The Kier molecular flexibility index (Phi) is 5.69. The van der Waals surface area contributed by atoms with Gasteiger partial charge in [-0.1, -0.05) is 26.0 Å². The van der Waals surface area contributed by atoms with E-state index >= 15 is 0 Å². The molecule has 0 fully saturated rings. The van der Waals surface area contributed by atoms with E-state index in [1.807, 2.05) is 18.3 Å². The van der Waals surface area contributed by atoms with Crippen LogP contribution in [0.2, 0.25) is 0 Å². The van der Waals surface area contributed by atoms with Crippen LogP contribution in [-0.2, 0) is 13.0 Å². The molecule has 0 radical (unpaired) electrons. The fourth-order valence-electron chi connectivity index (χ4n) is 2.03. The summed E-state index contributed by atoms with van der Waals surface area (Å²) >= 11 is 0. The second-order valence-corrected chi connectivity index (χ2v) is 5.52. The largest absolute Gasteiger partial charge is 0.359 e. The van der Waals surface area contributed by atoms with Crippen LogP contribution in [0.15, 0.2) is 42.6 Å². The molecule has 0 spiro atoms. The van der Waals surface area contributed by atoms with E-state index in [9.17, 15) is 0 Å². The normalized spacial score (nSPS) is 10.9. The minimum atomic E-state index is 0.470. The second-order valence-electron chi connectivity index (χ2n) is 5.52. The molecule has 4 heteroatoms. The summed E-state index contributed by atoms with van der Waals surface area (Å²) in [5.74, 6) is 1.01. The van der Waals surface area contributed by atoms with Crippen molar-refractivity contribution in [2.24, 2.45) is 0 Å². The minimum Gasteiger partial charge on any atom is -0.359 e. The molecule has 0 saturated heterocycles. The highest BCUT2D eigenvalue weighted by molar-refractivity contribution is 5.38. The van der Waals surface area contributed by atoms with Gasteiger partial charge in [-0.05, 0) is 24.3 Å². The van der Waals surface area contributed by atoms with E-state index in [1.165, 1.54) is 0 Å². The summed E-state index contributed by atoms with van der Waals surface area (Å²) in [5.41, 5.74) is 2.19. The van der Waals surface area contributed by atoms with Crippen molar-refractivity contribution in [3.63, 3.8) is 0 Å². The van der Waals surface area contributed by atoms with E-state index in [0.29, 0.717) is 6.04 Å². The fourth-order valence-corrected chi connectivity index (χ4v) is 2.03. The third-order valence-corrected chi connectivity index (χ3v) is 3.30. The van der Waals surface area contributed by atoms with Crippen LogP contribution in [0.3, 0.4) is 0 Å². The molecule has 0 atom stereocenters. The molecule has 2 rings (SSSR count). The van der Waals surface area contributed by atoms with Gasteiger partial charge in [0.1, 0.15) is 5.82 Å². The molecule has 0 saturated carbocycles. The van der Waals surface area contributed by atoms with Crippen molar-refractivity contribution in [2.45, 2.75) is 32.9 Å². The predicted octanol–water partition coefficient (Wildman–Crippen LogP) is 2.65. The number of hydrogen-bond donors (Lipinski definition) is 1. The molecular formula is C17H24N4. The summed E-state index contributed by atoms with van der Waals surface area (Å²) in [6, 6.07) is 12.7. The van der Waals surface area contributed by atoms with Crippen LogP contribution in [0.5, 0.6) is 0 Å². The van der Waals surface area contributed by atoms with Crippen LogP contribution in [0.4, 0.5) is 5.82 Å². The van der Waals surface area contributed by atoms with Crippen molar-refractivity contribution in [3.8, 4) is 0 Å². The van der Waals surface area contributed by atoms with Crippen molar-refractivity contribution < 1.29 is 0 Å². The SMILES string of the molecule is CC(C)NCc1cccc(N(C)CCc2ccccn2)n1. The molecule has 2 heterocycles. The molecule has 0 aliphatic heterocycles. The van der Waals surface area contributed by atoms with E-state index < -0.39 is 0 Å². The zero-order chi connectivity index (χ0) is 15.1. The maximum absolute atomic E-state index is 4.70. The summed E-state index contributed by atoms with van der Waals surface area (Å²) in [6.07, 6.45) is 2.76. The molecule has 1 N–H and O–H groups in total. The maximum Gasteiger partial charge on any atom is 0.128 e. The molecule has 0 unspecified atom stereocenters. The lowest BCUT2D eigenvalue weighted by Crippen LogP contribution is -2.24. The Morgan fingerprint density at radius 1 is 1.10 bits per heavy atom. The van der Waals surface area contributed by atoms with Gasteiger partial charge in [0.15, 0.2) is 0 Å². The molecule has 0 bridgehead atoms. The zero-order valence-electron chi connectivity index (χ0n) is 13.1. The Bertz CT molecular complexity index is 539. The molecule has 2 aromatic heterocycles. The molecule has 0 aliphatic carbocycles. The molecule has 0 aliphatic rings. The van der Waals surface area contributed by atoms with Gasteiger partial charge in [-0.3, -0.25) is 4.98 Å². The number of hydrogen-bond acceptors (Lipinski definition) is 4. The highest BCUT2D eigenvalue weighted by atomic mass is 15.2. The second kappa shape index (κ2) is 7.74. The van der Waals surface area contributed by atoms with Crippen LogP contribution >= 0.6 is 0 Å². The number of nitrogens with zero attached hydrogens (tertiary/aromatic N) is 3. The van der Waals surface area contributed by atoms with Crippen LogP contribution < -0.4 is 10.2 Å². The van der Waals surface area contributed by atoms with E-state index in [-0.39, 0.29) is 0 Å². The topological polar surface area (TPSA) is 41.0 Å². The third-order valence-electron chi connectivity index (χ3n) is 3.30. The smallest absolute Gasteiger partial charge is 0.128 e. The molecular weight excluding hydrogens is 260 g/mol. The van der Waals surface area contributed by atoms with E-state index in [4.69, 9.17) is 4.98 Å². The van der Waals surface area contributed by atoms with Crippen LogP contribution in [0.1, 0.15) is 25.2 Å². The van der Waals surface area contributed by atoms with E-state index in [2.05, 4.69) is 60.4 Å². The highest BCUT2D eigenvalue weighted by Crippen LogP contribution is 2.10. The Hall–Kier alpha value is -1.94. The van der Waals surface area contributed by atoms with Crippen molar-refractivity contribution in [2.75, 3.05) is 18.5 Å². The first-order valence-corrected chi connectivity index (χ1v) is 7.45. The number of pyridine rings is 2. The number of rotatable bonds is 7. The highest BCUT2D eigenvalue weighted by Gasteiger charge is 2.05. The summed E-state index contributed by atoms with van der Waals surface area (Å²) in [5, 5.41) is 3.39. The zero-order valence-corrected chi connectivity index (χ0v) is 13.1. The number of likely N-dealkylation sites (N-methyl/N-ethyl adjacent to an activating group) is 1. The molecule has 0 amide bonds. The summed E-state index contributed by atoms with van der Waals surface area (Å²) in [7, 11) is 2.07. The van der Waals surface area contributed by atoms with Crippen LogP contribution in [-0.4, -0.2) is 29.6 Å². The monoisotopic (exact) mass is 284 g/mol. The molecule has 0 aromatic carbocycles. The number of anilines is 1. The lowest BCUT2D eigenvalue weighted by molar-refractivity contribution is 0.581. The van der Waals surface area contributed by atoms with Gasteiger partial charge in [0.05, 0.1) is 5.69 Å². The van der Waals surface area contributed by atoms with E-state index in [0.717, 1.165) is 36.7 Å². The first kappa shape index (κ1) is 15.4. The molecule has 112 valence electrons. The fraction of sp³-hybridized carbons (Fsp3) is 0.412. The van der Waals surface area contributed by atoms with Crippen LogP contribution in [0.25, 0.3) is 0 Å². The van der Waals surface area contributed by atoms with Gasteiger partial charge >= 0.3 is 0 Å². The van der Waals surface area contributed by atoms with Crippen molar-refractivity contribution in [3.05, 3.63) is 54.0 Å². The Balaban J connectivity index is 1.92. The Morgan fingerprint density at radius 2 is 1.90 bits per heavy atom. The number of nitrogens with one attached hydrogen (secondary N) is 1. The van der Waals surface area contributed by atoms with Gasteiger partial charge in [0.25, 0.3) is 0 Å². The summed E-state index contributed by atoms with van der Waals surface area (Å²) in [6.45, 7) is 6.00. The number of aromatic nitrogens is 2. The summed E-state index contributed by atoms with van der Waals surface area (Å²) < 4.78 is 0. The standard InChI is InChI=1S/C17H24N4/c1-14(2)19-13-16-8-6-9-17(20-16)21(3)12-10-15-7-4-5-11-18-15/h4-9,11,14,19H,10,12-13H2,1-3H3. The Labute approximate surface area is 127 Å². The van der Waals surface area contributed by atoms with Gasteiger partial charge in [0, 0.05) is 44.5 Å². The lowest BCUT2D eigenvalue weighted by atomic mass is 10.2.